The second-order valence-electron chi connectivity index (χ2n) is 3.44. The predicted octanol–water partition coefficient (Wildman–Crippen LogP) is 2.88. The van der Waals surface area contributed by atoms with Crippen LogP contribution in [0.2, 0.25) is 5.22 Å². The zero-order valence-corrected chi connectivity index (χ0v) is 9.77. The van der Waals surface area contributed by atoms with E-state index in [4.69, 9.17) is 21.1 Å². The highest BCUT2D eigenvalue weighted by Crippen LogP contribution is 2.15. The molecule has 0 aliphatic heterocycles. The smallest absolute Gasteiger partial charge is 0.335 e. The third kappa shape index (κ3) is 2.70. The maximum absolute atomic E-state index is 11.7. The Bertz CT molecular complexity index is 588. The van der Waals surface area contributed by atoms with Crippen LogP contribution in [0.25, 0.3) is 0 Å². The van der Waals surface area contributed by atoms with E-state index in [1.165, 1.54) is 36.4 Å². The van der Waals surface area contributed by atoms with Gasteiger partial charge in [0.2, 0.25) is 0 Å². The Morgan fingerprint density at radius 3 is 2.28 bits per heavy atom. The van der Waals surface area contributed by atoms with Crippen molar-refractivity contribution in [2.45, 2.75) is 0 Å². The maximum Gasteiger partial charge on any atom is 0.335 e. The minimum absolute atomic E-state index is 0.0855. The molecule has 2 aromatic rings. The number of rotatable bonds is 3. The van der Waals surface area contributed by atoms with Crippen LogP contribution >= 0.6 is 11.6 Å². The molecule has 0 fully saturated rings. The van der Waals surface area contributed by atoms with Gasteiger partial charge in [0.25, 0.3) is 5.91 Å². The van der Waals surface area contributed by atoms with Gasteiger partial charge in [-0.3, -0.25) is 4.79 Å². The molecule has 5 nitrogen and oxygen atoms in total. The fourth-order valence-corrected chi connectivity index (χ4v) is 1.47. The fraction of sp³-hybridized carbons (Fsp3) is 0. The number of anilines is 1. The van der Waals surface area contributed by atoms with E-state index >= 15 is 0 Å². The van der Waals surface area contributed by atoms with Crippen molar-refractivity contribution in [3.8, 4) is 0 Å². The van der Waals surface area contributed by atoms with Crippen molar-refractivity contribution >= 4 is 29.2 Å². The van der Waals surface area contributed by atoms with E-state index in [2.05, 4.69) is 5.32 Å². The number of aromatic carboxylic acids is 1. The van der Waals surface area contributed by atoms with E-state index in [1.54, 1.807) is 0 Å². The molecule has 1 heterocycles. The second kappa shape index (κ2) is 4.93. The Kier molecular flexibility index (Phi) is 3.34. The molecular formula is C12H8ClNO4. The van der Waals surface area contributed by atoms with Crippen molar-refractivity contribution in [2.24, 2.45) is 0 Å². The SMILES string of the molecule is O=C(O)c1ccc(NC(=O)c2ccc(Cl)o2)cc1. The van der Waals surface area contributed by atoms with Crippen LogP contribution in [-0.4, -0.2) is 17.0 Å². The summed E-state index contributed by atoms with van der Waals surface area (Å²) in [6.07, 6.45) is 0. The molecule has 0 radical (unpaired) electrons. The first kappa shape index (κ1) is 12.2. The van der Waals surface area contributed by atoms with Gasteiger partial charge in [-0.05, 0) is 48.0 Å². The molecule has 2 N–H and O–H groups in total. The van der Waals surface area contributed by atoms with Gasteiger partial charge in [-0.25, -0.2) is 4.79 Å². The Balaban J connectivity index is 2.10. The Morgan fingerprint density at radius 1 is 1.11 bits per heavy atom. The van der Waals surface area contributed by atoms with Gasteiger partial charge in [-0.2, -0.15) is 0 Å². The molecule has 2 rings (SSSR count). The van der Waals surface area contributed by atoms with Gasteiger partial charge in [-0.15, -0.1) is 0 Å². The quantitative estimate of drug-likeness (QED) is 0.894. The topological polar surface area (TPSA) is 79.5 Å². The molecule has 0 bridgehead atoms. The van der Waals surface area contributed by atoms with Crippen molar-refractivity contribution < 1.29 is 19.1 Å². The molecule has 0 saturated heterocycles. The summed E-state index contributed by atoms with van der Waals surface area (Å²) < 4.78 is 4.94. The van der Waals surface area contributed by atoms with E-state index in [9.17, 15) is 9.59 Å². The van der Waals surface area contributed by atoms with Crippen LogP contribution in [0.1, 0.15) is 20.9 Å². The number of carboxylic acid groups (broad SMARTS) is 1. The first-order valence-corrected chi connectivity index (χ1v) is 5.34. The van der Waals surface area contributed by atoms with Crippen LogP contribution in [0.5, 0.6) is 0 Å². The highest BCUT2D eigenvalue weighted by atomic mass is 35.5. The molecule has 1 amide bonds. The number of carboxylic acids is 1. The minimum Gasteiger partial charge on any atom is -0.478 e. The van der Waals surface area contributed by atoms with Crippen LogP contribution < -0.4 is 5.32 Å². The molecule has 1 aromatic carbocycles. The Morgan fingerprint density at radius 2 is 1.78 bits per heavy atom. The number of halogens is 1. The van der Waals surface area contributed by atoms with E-state index in [0.29, 0.717) is 5.69 Å². The molecule has 0 saturated carbocycles. The summed E-state index contributed by atoms with van der Waals surface area (Å²) in [7, 11) is 0. The number of carbonyl (C=O) groups is 2. The van der Waals surface area contributed by atoms with E-state index in [0.717, 1.165) is 0 Å². The van der Waals surface area contributed by atoms with E-state index < -0.39 is 11.9 Å². The van der Waals surface area contributed by atoms with Gasteiger partial charge in [0.05, 0.1) is 5.56 Å². The lowest BCUT2D eigenvalue weighted by atomic mass is 10.2. The van der Waals surface area contributed by atoms with Crippen molar-refractivity contribution in [3.05, 3.63) is 52.9 Å². The van der Waals surface area contributed by atoms with Crippen molar-refractivity contribution in [2.75, 3.05) is 5.32 Å². The van der Waals surface area contributed by atoms with Crippen LogP contribution in [0.15, 0.2) is 40.8 Å². The lowest BCUT2D eigenvalue weighted by Crippen LogP contribution is -2.10. The molecule has 0 unspecified atom stereocenters. The number of amides is 1. The summed E-state index contributed by atoms with van der Waals surface area (Å²) in [6, 6.07) is 8.69. The van der Waals surface area contributed by atoms with Gasteiger partial charge in [0.1, 0.15) is 0 Å². The summed E-state index contributed by atoms with van der Waals surface area (Å²) in [5.41, 5.74) is 0.617. The fourth-order valence-electron chi connectivity index (χ4n) is 1.33. The summed E-state index contributed by atoms with van der Waals surface area (Å²) >= 11 is 5.55. The van der Waals surface area contributed by atoms with Crippen LogP contribution in [-0.2, 0) is 0 Å². The van der Waals surface area contributed by atoms with Crippen molar-refractivity contribution in [1.29, 1.82) is 0 Å². The Labute approximate surface area is 107 Å². The average molecular weight is 266 g/mol. The summed E-state index contributed by atoms with van der Waals surface area (Å²) in [5, 5.41) is 11.4. The van der Waals surface area contributed by atoms with Gasteiger partial charge < -0.3 is 14.8 Å². The summed E-state index contributed by atoms with van der Waals surface area (Å²) in [6.45, 7) is 0. The normalized spacial score (nSPS) is 10.1. The van der Waals surface area contributed by atoms with Crippen LogP contribution in [0.4, 0.5) is 5.69 Å². The zero-order chi connectivity index (χ0) is 13.1. The minimum atomic E-state index is -1.02. The van der Waals surface area contributed by atoms with E-state index in [1.807, 2.05) is 0 Å². The average Bonchev–Trinajstić information content (AvgIpc) is 2.76. The maximum atomic E-state index is 11.7. The Hall–Kier alpha value is -2.27. The molecule has 18 heavy (non-hydrogen) atoms. The third-order valence-electron chi connectivity index (χ3n) is 2.19. The first-order chi connectivity index (χ1) is 8.56. The number of hydrogen-bond acceptors (Lipinski definition) is 3. The van der Waals surface area contributed by atoms with Gasteiger partial charge in [-0.1, -0.05) is 0 Å². The van der Waals surface area contributed by atoms with Gasteiger partial charge in [0, 0.05) is 5.69 Å². The third-order valence-corrected chi connectivity index (χ3v) is 2.39. The molecule has 1 aromatic heterocycles. The molecule has 0 aliphatic carbocycles. The van der Waals surface area contributed by atoms with Crippen molar-refractivity contribution in [1.82, 2.24) is 0 Å². The lowest BCUT2D eigenvalue weighted by Gasteiger charge is -2.03. The molecule has 0 aliphatic rings. The molecule has 0 spiro atoms. The number of furan rings is 1. The van der Waals surface area contributed by atoms with Gasteiger partial charge >= 0.3 is 5.97 Å². The molecule has 0 atom stereocenters. The van der Waals surface area contributed by atoms with Crippen LogP contribution in [0.3, 0.4) is 0 Å². The summed E-state index contributed by atoms with van der Waals surface area (Å²) in [5.74, 6) is -1.39. The largest absolute Gasteiger partial charge is 0.478 e. The number of hydrogen-bond donors (Lipinski definition) is 2. The monoisotopic (exact) mass is 265 g/mol. The number of nitrogens with one attached hydrogen (secondary N) is 1. The molecular weight excluding hydrogens is 258 g/mol. The predicted molar refractivity (Wildman–Crippen MR) is 65.1 cm³/mol. The first-order valence-electron chi connectivity index (χ1n) is 4.96. The highest BCUT2D eigenvalue weighted by molar-refractivity contribution is 6.29. The van der Waals surface area contributed by atoms with Crippen LogP contribution in [0, 0.1) is 0 Å². The standard InChI is InChI=1S/C12H8ClNO4/c13-10-6-5-9(18-10)11(15)14-8-3-1-7(2-4-8)12(16)17/h1-6H,(H,14,15)(H,16,17). The number of benzene rings is 1. The van der Waals surface area contributed by atoms with Crippen molar-refractivity contribution in [3.63, 3.8) is 0 Å². The molecule has 92 valence electrons. The lowest BCUT2D eigenvalue weighted by molar-refractivity contribution is 0.0696. The zero-order valence-electron chi connectivity index (χ0n) is 9.01. The van der Waals surface area contributed by atoms with E-state index in [-0.39, 0.29) is 16.5 Å². The molecule has 6 heteroatoms. The van der Waals surface area contributed by atoms with Gasteiger partial charge in [0.15, 0.2) is 11.0 Å². The summed E-state index contributed by atoms with van der Waals surface area (Å²) in [4.78, 5) is 22.3. The highest BCUT2D eigenvalue weighted by Gasteiger charge is 2.11. The second-order valence-corrected chi connectivity index (χ2v) is 3.81. The number of carbonyl (C=O) groups excluding carboxylic acids is 1.